The number of benzene rings is 1. The van der Waals surface area contributed by atoms with Crippen LogP contribution in [0.3, 0.4) is 0 Å². The zero-order valence-corrected chi connectivity index (χ0v) is 13.8. The van der Waals surface area contributed by atoms with Gasteiger partial charge in [-0.05, 0) is 67.5 Å². The molecule has 3 rings (SSSR count). The van der Waals surface area contributed by atoms with Crippen molar-refractivity contribution in [3.63, 3.8) is 0 Å². The standard InChI is InChI=1S/C18H20FN5/c1-10-3-4-13(19)9-14(10)12-7-15-17(11(2)5-6-22-15)16(8-12)23-24-18(20)21/h3-6,9,12H,7-8H2,1-2H3,(H4,20,21,24)/t12-/m0/s1. The molecule has 2 aromatic rings. The second-order valence-corrected chi connectivity index (χ2v) is 6.13. The number of guanidine groups is 1. The Bertz CT molecular complexity index is 837. The molecule has 0 radical (unpaired) electrons. The molecule has 0 amide bonds. The highest BCUT2D eigenvalue weighted by molar-refractivity contribution is 6.04. The van der Waals surface area contributed by atoms with E-state index in [9.17, 15) is 4.39 Å². The molecule has 0 saturated heterocycles. The van der Waals surface area contributed by atoms with Crippen LogP contribution in [0, 0.1) is 19.7 Å². The van der Waals surface area contributed by atoms with Gasteiger partial charge in [-0.25, -0.2) is 4.39 Å². The number of hydrogen-bond acceptors (Lipinski definition) is 3. The van der Waals surface area contributed by atoms with E-state index in [0.29, 0.717) is 6.42 Å². The Balaban J connectivity index is 2.10. The maximum Gasteiger partial charge on any atom is 0.211 e. The van der Waals surface area contributed by atoms with Gasteiger partial charge < -0.3 is 11.5 Å². The summed E-state index contributed by atoms with van der Waals surface area (Å²) in [6.45, 7) is 4.00. The summed E-state index contributed by atoms with van der Waals surface area (Å²) >= 11 is 0. The third-order valence-electron chi connectivity index (χ3n) is 4.37. The minimum absolute atomic E-state index is 0.0883. The highest BCUT2D eigenvalue weighted by Gasteiger charge is 2.28. The first-order valence-corrected chi connectivity index (χ1v) is 7.82. The van der Waals surface area contributed by atoms with Crippen LogP contribution in [-0.2, 0) is 6.42 Å². The van der Waals surface area contributed by atoms with Crippen LogP contribution in [0.2, 0.25) is 0 Å². The number of aryl methyl sites for hydroxylation is 2. The van der Waals surface area contributed by atoms with Crippen LogP contribution < -0.4 is 11.5 Å². The van der Waals surface area contributed by atoms with Gasteiger partial charge in [-0.15, -0.1) is 5.10 Å². The molecule has 0 fully saturated rings. The molecule has 0 saturated carbocycles. The van der Waals surface area contributed by atoms with Gasteiger partial charge >= 0.3 is 0 Å². The van der Waals surface area contributed by atoms with E-state index in [4.69, 9.17) is 11.5 Å². The fraction of sp³-hybridized carbons (Fsp3) is 0.278. The molecular formula is C18H20FN5. The smallest absolute Gasteiger partial charge is 0.211 e. The number of nitrogens with zero attached hydrogens (tertiary/aromatic N) is 3. The number of pyridine rings is 1. The number of fused-ring (bicyclic) bond motifs is 1. The van der Waals surface area contributed by atoms with Gasteiger partial charge in [0.25, 0.3) is 0 Å². The molecule has 0 aliphatic heterocycles. The fourth-order valence-corrected chi connectivity index (χ4v) is 3.28. The number of hydrogen-bond donors (Lipinski definition) is 2. The molecular weight excluding hydrogens is 305 g/mol. The Morgan fingerprint density at radius 1 is 1.17 bits per heavy atom. The largest absolute Gasteiger partial charge is 0.369 e. The highest BCUT2D eigenvalue weighted by Crippen LogP contribution is 2.35. The minimum Gasteiger partial charge on any atom is -0.369 e. The number of halogens is 1. The third-order valence-corrected chi connectivity index (χ3v) is 4.37. The second kappa shape index (κ2) is 6.39. The lowest BCUT2D eigenvalue weighted by molar-refractivity contribution is 0.612. The first kappa shape index (κ1) is 16.1. The summed E-state index contributed by atoms with van der Waals surface area (Å²) in [5, 5.41) is 8.05. The summed E-state index contributed by atoms with van der Waals surface area (Å²) in [5.41, 5.74) is 16.7. The molecule has 1 atom stereocenters. The third kappa shape index (κ3) is 3.13. The van der Waals surface area contributed by atoms with E-state index in [1.807, 2.05) is 19.9 Å². The normalized spacial score (nSPS) is 18.3. The molecule has 0 bridgehead atoms. The van der Waals surface area contributed by atoms with Crippen LogP contribution in [0.15, 0.2) is 40.7 Å². The molecule has 1 aliphatic carbocycles. The molecule has 1 heterocycles. The molecule has 6 heteroatoms. The maximum absolute atomic E-state index is 13.7. The lowest BCUT2D eigenvalue weighted by atomic mass is 9.79. The molecule has 1 aromatic carbocycles. The van der Waals surface area contributed by atoms with Crippen molar-refractivity contribution in [3.05, 3.63) is 64.2 Å². The van der Waals surface area contributed by atoms with Crippen molar-refractivity contribution in [1.82, 2.24) is 4.98 Å². The minimum atomic E-state index is -0.235. The van der Waals surface area contributed by atoms with Crippen LogP contribution in [0.1, 0.15) is 40.3 Å². The predicted octanol–water partition coefficient (Wildman–Crippen LogP) is 2.55. The molecule has 0 unspecified atom stereocenters. The number of rotatable bonds is 2. The van der Waals surface area contributed by atoms with Gasteiger partial charge in [-0.3, -0.25) is 4.98 Å². The first-order chi connectivity index (χ1) is 11.5. The Morgan fingerprint density at radius 2 is 1.96 bits per heavy atom. The summed E-state index contributed by atoms with van der Waals surface area (Å²) in [7, 11) is 0. The van der Waals surface area contributed by atoms with E-state index in [1.165, 1.54) is 6.07 Å². The lowest BCUT2D eigenvalue weighted by Gasteiger charge is -2.27. The Labute approximate surface area is 140 Å². The monoisotopic (exact) mass is 325 g/mol. The van der Waals surface area contributed by atoms with E-state index >= 15 is 0 Å². The zero-order valence-electron chi connectivity index (χ0n) is 13.8. The molecule has 124 valence electrons. The predicted molar refractivity (Wildman–Crippen MR) is 93.5 cm³/mol. The topological polar surface area (TPSA) is 89.6 Å². The quantitative estimate of drug-likeness (QED) is 0.505. The molecule has 5 nitrogen and oxygen atoms in total. The van der Waals surface area contributed by atoms with Gasteiger partial charge in [0.2, 0.25) is 5.96 Å². The molecule has 24 heavy (non-hydrogen) atoms. The fourth-order valence-electron chi connectivity index (χ4n) is 3.28. The SMILES string of the molecule is Cc1ccc(F)cc1[C@@H]1CC(=NN=C(N)N)c2c(C)ccnc2C1. The van der Waals surface area contributed by atoms with Crippen LogP contribution in [0.25, 0.3) is 0 Å². The Hall–Kier alpha value is -2.76. The zero-order chi connectivity index (χ0) is 17.3. The van der Waals surface area contributed by atoms with Crippen molar-refractivity contribution < 1.29 is 4.39 Å². The molecule has 0 spiro atoms. The van der Waals surface area contributed by atoms with Crippen LogP contribution in [0.4, 0.5) is 4.39 Å². The lowest BCUT2D eigenvalue weighted by Crippen LogP contribution is -2.24. The number of nitrogens with two attached hydrogens (primary N) is 2. The van der Waals surface area contributed by atoms with Gasteiger partial charge in [-0.1, -0.05) is 6.07 Å². The van der Waals surface area contributed by atoms with Gasteiger partial charge in [0.1, 0.15) is 5.82 Å². The van der Waals surface area contributed by atoms with Crippen molar-refractivity contribution >= 4 is 11.7 Å². The van der Waals surface area contributed by atoms with Crippen LogP contribution in [-0.4, -0.2) is 16.7 Å². The van der Waals surface area contributed by atoms with Crippen molar-refractivity contribution in [3.8, 4) is 0 Å². The first-order valence-electron chi connectivity index (χ1n) is 7.82. The van der Waals surface area contributed by atoms with E-state index in [2.05, 4.69) is 15.2 Å². The summed E-state index contributed by atoms with van der Waals surface area (Å²) in [6, 6.07) is 6.82. The van der Waals surface area contributed by atoms with Crippen molar-refractivity contribution in [2.75, 3.05) is 0 Å². The summed E-state index contributed by atoms with van der Waals surface area (Å²) in [5.74, 6) is -0.230. The summed E-state index contributed by atoms with van der Waals surface area (Å²) in [4.78, 5) is 4.50. The van der Waals surface area contributed by atoms with Crippen LogP contribution >= 0.6 is 0 Å². The maximum atomic E-state index is 13.7. The average molecular weight is 325 g/mol. The van der Waals surface area contributed by atoms with Gasteiger partial charge in [0.15, 0.2) is 0 Å². The summed E-state index contributed by atoms with van der Waals surface area (Å²) in [6.07, 6.45) is 3.16. The highest BCUT2D eigenvalue weighted by atomic mass is 19.1. The van der Waals surface area contributed by atoms with Crippen molar-refractivity contribution in [1.29, 1.82) is 0 Å². The van der Waals surface area contributed by atoms with Crippen molar-refractivity contribution in [2.45, 2.75) is 32.6 Å². The molecule has 1 aromatic heterocycles. The van der Waals surface area contributed by atoms with E-state index in [1.54, 1.807) is 18.3 Å². The van der Waals surface area contributed by atoms with E-state index in [-0.39, 0.29) is 17.7 Å². The second-order valence-electron chi connectivity index (χ2n) is 6.13. The van der Waals surface area contributed by atoms with Gasteiger partial charge in [0, 0.05) is 11.8 Å². The molecule has 1 aliphatic rings. The summed E-state index contributed by atoms with van der Waals surface area (Å²) < 4.78 is 13.7. The van der Waals surface area contributed by atoms with E-state index < -0.39 is 0 Å². The Morgan fingerprint density at radius 3 is 2.71 bits per heavy atom. The van der Waals surface area contributed by atoms with Gasteiger partial charge in [-0.2, -0.15) is 5.10 Å². The molecule has 4 N–H and O–H groups in total. The van der Waals surface area contributed by atoms with Crippen LogP contribution in [0.5, 0.6) is 0 Å². The van der Waals surface area contributed by atoms with Gasteiger partial charge in [0.05, 0.1) is 11.4 Å². The van der Waals surface area contributed by atoms with Crippen molar-refractivity contribution in [2.24, 2.45) is 21.7 Å². The average Bonchev–Trinajstić information content (AvgIpc) is 2.54. The Kier molecular flexibility index (Phi) is 4.29. The van der Waals surface area contributed by atoms with E-state index in [0.717, 1.165) is 40.1 Å². The number of aromatic nitrogens is 1.